The van der Waals surface area contributed by atoms with Gasteiger partial charge in [-0.2, -0.15) is 0 Å². The molecule has 1 nitrogen and oxygen atoms in total. The lowest BCUT2D eigenvalue weighted by Gasteiger charge is -2.26. The standard InChI is InChI=1S/C18H21NS/c1-14-6-2-3-7-15(14)10-12-19-17-11-13-20-18-9-5-4-8-16(17)18/h2-9,17,19H,10-13H2,1H3. The zero-order valence-electron chi connectivity index (χ0n) is 11.9. The smallest absolute Gasteiger partial charge is 0.0339 e. The second kappa shape index (κ2) is 6.47. The molecule has 1 N–H and O–H groups in total. The number of hydrogen-bond acceptors (Lipinski definition) is 2. The first-order valence-electron chi connectivity index (χ1n) is 7.34. The van der Waals surface area contributed by atoms with Crippen molar-refractivity contribution < 1.29 is 0 Å². The van der Waals surface area contributed by atoms with E-state index in [1.807, 2.05) is 11.8 Å². The monoisotopic (exact) mass is 283 g/mol. The zero-order chi connectivity index (χ0) is 13.8. The molecule has 0 fully saturated rings. The van der Waals surface area contributed by atoms with Gasteiger partial charge in [-0.25, -0.2) is 0 Å². The molecule has 0 radical (unpaired) electrons. The highest BCUT2D eigenvalue weighted by Gasteiger charge is 2.19. The number of thioether (sulfide) groups is 1. The van der Waals surface area contributed by atoms with E-state index in [0.29, 0.717) is 6.04 Å². The summed E-state index contributed by atoms with van der Waals surface area (Å²) in [4.78, 5) is 1.45. The fourth-order valence-corrected chi connectivity index (χ4v) is 3.95. The van der Waals surface area contributed by atoms with E-state index in [1.54, 1.807) is 0 Å². The minimum Gasteiger partial charge on any atom is -0.310 e. The van der Waals surface area contributed by atoms with Crippen molar-refractivity contribution in [1.82, 2.24) is 5.32 Å². The number of benzene rings is 2. The summed E-state index contributed by atoms with van der Waals surface area (Å²) in [6.07, 6.45) is 2.34. The van der Waals surface area contributed by atoms with Gasteiger partial charge in [0.15, 0.2) is 0 Å². The number of fused-ring (bicyclic) bond motifs is 1. The number of hydrogen-bond donors (Lipinski definition) is 1. The van der Waals surface area contributed by atoms with Gasteiger partial charge in [-0.1, -0.05) is 42.5 Å². The Hall–Kier alpha value is -1.25. The quantitative estimate of drug-likeness (QED) is 0.894. The van der Waals surface area contributed by atoms with E-state index >= 15 is 0 Å². The van der Waals surface area contributed by atoms with E-state index in [4.69, 9.17) is 0 Å². The van der Waals surface area contributed by atoms with E-state index in [1.165, 1.54) is 33.8 Å². The summed E-state index contributed by atoms with van der Waals surface area (Å²) in [5.74, 6) is 1.22. The molecule has 0 bridgehead atoms. The highest BCUT2D eigenvalue weighted by molar-refractivity contribution is 7.99. The fourth-order valence-electron chi connectivity index (χ4n) is 2.83. The molecule has 0 aromatic heterocycles. The van der Waals surface area contributed by atoms with Gasteiger partial charge >= 0.3 is 0 Å². The summed E-state index contributed by atoms with van der Waals surface area (Å²) >= 11 is 1.98. The molecule has 0 aliphatic carbocycles. The van der Waals surface area contributed by atoms with Gasteiger partial charge in [0.1, 0.15) is 0 Å². The van der Waals surface area contributed by atoms with E-state index in [-0.39, 0.29) is 0 Å². The molecule has 0 saturated heterocycles. The molecule has 1 unspecified atom stereocenters. The molecule has 1 heterocycles. The van der Waals surface area contributed by atoms with Crippen LogP contribution in [0.15, 0.2) is 53.4 Å². The van der Waals surface area contributed by atoms with Crippen LogP contribution in [0.3, 0.4) is 0 Å². The maximum absolute atomic E-state index is 3.74. The van der Waals surface area contributed by atoms with Crippen LogP contribution in [0.25, 0.3) is 0 Å². The molecule has 2 aromatic rings. The van der Waals surface area contributed by atoms with E-state index in [2.05, 4.69) is 60.8 Å². The van der Waals surface area contributed by atoms with Crippen molar-refractivity contribution in [2.75, 3.05) is 12.3 Å². The van der Waals surface area contributed by atoms with Crippen molar-refractivity contribution in [3.8, 4) is 0 Å². The summed E-state index contributed by atoms with van der Waals surface area (Å²) < 4.78 is 0. The van der Waals surface area contributed by atoms with Crippen LogP contribution in [0, 0.1) is 6.92 Å². The molecule has 1 aliphatic heterocycles. The van der Waals surface area contributed by atoms with Crippen molar-refractivity contribution in [3.05, 3.63) is 65.2 Å². The van der Waals surface area contributed by atoms with Gasteiger partial charge in [0, 0.05) is 10.9 Å². The van der Waals surface area contributed by atoms with Gasteiger partial charge in [0.05, 0.1) is 0 Å². The second-order valence-electron chi connectivity index (χ2n) is 5.36. The van der Waals surface area contributed by atoms with Gasteiger partial charge in [0.2, 0.25) is 0 Å². The van der Waals surface area contributed by atoms with Crippen molar-refractivity contribution in [1.29, 1.82) is 0 Å². The summed E-state index contributed by atoms with van der Waals surface area (Å²) in [6.45, 7) is 3.25. The third-order valence-electron chi connectivity index (χ3n) is 4.00. The van der Waals surface area contributed by atoms with E-state index in [0.717, 1.165) is 13.0 Å². The van der Waals surface area contributed by atoms with Crippen LogP contribution in [0.4, 0.5) is 0 Å². The summed E-state index contributed by atoms with van der Waals surface area (Å²) in [5.41, 5.74) is 4.33. The lowest BCUT2D eigenvalue weighted by atomic mass is 10.0. The second-order valence-corrected chi connectivity index (χ2v) is 6.49. The Morgan fingerprint density at radius 1 is 1.10 bits per heavy atom. The highest BCUT2D eigenvalue weighted by atomic mass is 32.2. The van der Waals surface area contributed by atoms with Gasteiger partial charge in [-0.05, 0) is 54.8 Å². The van der Waals surface area contributed by atoms with Crippen molar-refractivity contribution >= 4 is 11.8 Å². The first-order chi connectivity index (χ1) is 9.84. The maximum atomic E-state index is 3.74. The third kappa shape index (κ3) is 3.08. The SMILES string of the molecule is Cc1ccccc1CCNC1CCSc2ccccc21. The van der Waals surface area contributed by atoms with Crippen LogP contribution in [0.2, 0.25) is 0 Å². The van der Waals surface area contributed by atoms with Gasteiger partial charge in [-0.3, -0.25) is 0 Å². The predicted molar refractivity (Wildman–Crippen MR) is 87.4 cm³/mol. The van der Waals surface area contributed by atoms with Crippen LogP contribution in [-0.4, -0.2) is 12.3 Å². The number of rotatable bonds is 4. The van der Waals surface area contributed by atoms with Gasteiger partial charge in [0.25, 0.3) is 0 Å². The molecule has 20 heavy (non-hydrogen) atoms. The summed E-state index contributed by atoms with van der Waals surface area (Å²) in [5, 5.41) is 3.74. The molecule has 2 heteroatoms. The van der Waals surface area contributed by atoms with Crippen LogP contribution >= 0.6 is 11.8 Å². The van der Waals surface area contributed by atoms with Crippen LogP contribution in [-0.2, 0) is 6.42 Å². The number of nitrogens with one attached hydrogen (secondary N) is 1. The van der Waals surface area contributed by atoms with Crippen LogP contribution in [0.1, 0.15) is 29.2 Å². The van der Waals surface area contributed by atoms with Gasteiger partial charge < -0.3 is 5.32 Å². The molecule has 0 spiro atoms. The molecule has 0 amide bonds. The first kappa shape index (κ1) is 13.7. The Balaban J connectivity index is 1.61. The largest absolute Gasteiger partial charge is 0.310 e. The first-order valence-corrected chi connectivity index (χ1v) is 8.33. The normalized spacial score (nSPS) is 17.8. The maximum Gasteiger partial charge on any atom is 0.0339 e. The minimum absolute atomic E-state index is 0.525. The molecule has 0 saturated carbocycles. The number of aryl methyl sites for hydroxylation is 1. The van der Waals surface area contributed by atoms with Crippen molar-refractivity contribution in [3.63, 3.8) is 0 Å². The third-order valence-corrected chi connectivity index (χ3v) is 5.13. The predicted octanol–water partition coefficient (Wildman–Crippen LogP) is 4.36. The molecular weight excluding hydrogens is 262 g/mol. The summed E-state index contributed by atoms with van der Waals surface area (Å²) in [7, 11) is 0. The average Bonchev–Trinajstić information content (AvgIpc) is 2.49. The molecule has 2 aromatic carbocycles. The Kier molecular flexibility index (Phi) is 4.44. The Morgan fingerprint density at radius 2 is 1.90 bits per heavy atom. The molecule has 1 aliphatic rings. The Morgan fingerprint density at radius 3 is 2.80 bits per heavy atom. The molecule has 104 valence electrons. The van der Waals surface area contributed by atoms with Crippen molar-refractivity contribution in [2.45, 2.75) is 30.7 Å². The summed E-state index contributed by atoms with van der Waals surface area (Å²) in [6, 6.07) is 18.0. The molecular formula is C18H21NS. The highest BCUT2D eigenvalue weighted by Crippen LogP contribution is 2.35. The van der Waals surface area contributed by atoms with Crippen LogP contribution in [0.5, 0.6) is 0 Å². The lowest BCUT2D eigenvalue weighted by Crippen LogP contribution is -2.26. The van der Waals surface area contributed by atoms with Gasteiger partial charge in [-0.15, -0.1) is 11.8 Å². The zero-order valence-corrected chi connectivity index (χ0v) is 12.7. The van der Waals surface area contributed by atoms with Crippen molar-refractivity contribution in [2.24, 2.45) is 0 Å². The Bertz CT molecular complexity index is 579. The average molecular weight is 283 g/mol. The fraction of sp³-hybridized carbons (Fsp3) is 0.333. The lowest BCUT2D eigenvalue weighted by molar-refractivity contribution is 0.513. The van der Waals surface area contributed by atoms with Crippen LogP contribution < -0.4 is 5.32 Å². The van der Waals surface area contributed by atoms with E-state index < -0.39 is 0 Å². The minimum atomic E-state index is 0.525. The molecule has 1 atom stereocenters. The Labute approximate surface area is 125 Å². The molecule has 3 rings (SSSR count). The van der Waals surface area contributed by atoms with E-state index in [9.17, 15) is 0 Å². The topological polar surface area (TPSA) is 12.0 Å².